The van der Waals surface area contributed by atoms with Crippen molar-refractivity contribution in [1.29, 1.82) is 0 Å². The summed E-state index contributed by atoms with van der Waals surface area (Å²) in [4.78, 5) is 40.0. The van der Waals surface area contributed by atoms with Gasteiger partial charge in [-0.1, -0.05) is 59.1 Å². The van der Waals surface area contributed by atoms with Gasteiger partial charge < -0.3 is 14.2 Å². The van der Waals surface area contributed by atoms with Gasteiger partial charge in [0.2, 0.25) is 0 Å². The van der Waals surface area contributed by atoms with Crippen LogP contribution in [0.2, 0.25) is 15.1 Å². The second-order valence-corrected chi connectivity index (χ2v) is 12.0. The van der Waals surface area contributed by atoms with Gasteiger partial charge in [0.1, 0.15) is 24.5 Å². The van der Waals surface area contributed by atoms with E-state index in [0.29, 0.717) is 48.1 Å². The van der Waals surface area contributed by atoms with Gasteiger partial charge in [-0.3, -0.25) is 14.9 Å². The fourth-order valence-corrected chi connectivity index (χ4v) is 5.82. The van der Waals surface area contributed by atoms with Crippen LogP contribution in [0, 0.1) is 3.57 Å². The molecule has 1 fully saturated rings. The predicted octanol–water partition coefficient (Wildman–Crippen LogP) is 8.47. The van der Waals surface area contributed by atoms with E-state index in [2.05, 4.69) is 27.9 Å². The van der Waals surface area contributed by atoms with Gasteiger partial charge in [0.25, 0.3) is 11.8 Å². The SMILES string of the molecule is CCOc1cc(/C=C2\C(=O)NC(=O)N(c3ccc(OCc4ccccc4Cl)cc3)C2=O)cc(I)c1OCc1ccc(Cl)cc1Cl. The van der Waals surface area contributed by atoms with Gasteiger partial charge in [-0.05, 0) is 95.8 Å². The minimum Gasteiger partial charge on any atom is -0.490 e. The van der Waals surface area contributed by atoms with E-state index in [4.69, 9.17) is 49.0 Å². The van der Waals surface area contributed by atoms with Crippen LogP contribution in [-0.4, -0.2) is 24.5 Å². The maximum atomic E-state index is 13.5. The van der Waals surface area contributed by atoms with Crippen LogP contribution in [0.3, 0.4) is 0 Å². The molecular weight excluding hydrogens is 754 g/mol. The fourth-order valence-electron chi connectivity index (χ4n) is 4.39. The number of halogens is 4. The second-order valence-electron chi connectivity index (χ2n) is 9.62. The summed E-state index contributed by atoms with van der Waals surface area (Å²) in [6.07, 6.45) is 1.41. The molecule has 1 aliphatic heterocycles. The number of hydrogen-bond acceptors (Lipinski definition) is 6. The van der Waals surface area contributed by atoms with Crippen LogP contribution < -0.4 is 24.4 Å². The molecule has 0 radical (unpaired) electrons. The number of benzene rings is 4. The van der Waals surface area contributed by atoms with E-state index in [1.54, 1.807) is 60.7 Å². The molecule has 0 spiro atoms. The van der Waals surface area contributed by atoms with Crippen molar-refractivity contribution in [1.82, 2.24) is 5.32 Å². The van der Waals surface area contributed by atoms with E-state index < -0.39 is 17.8 Å². The van der Waals surface area contributed by atoms with E-state index in [0.717, 1.165) is 16.0 Å². The minimum atomic E-state index is -0.860. The third kappa shape index (κ3) is 7.73. The Balaban J connectivity index is 1.36. The molecule has 0 atom stereocenters. The second kappa shape index (κ2) is 14.6. The molecule has 230 valence electrons. The average molecular weight is 778 g/mol. The van der Waals surface area contributed by atoms with E-state index in [1.165, 1.54) is 6.08 Å². The highest BCUT2D eigenvalue weighted by Gasteiger charge is 2.37. The number of hydrogen-bond donors (Lipinski definition) is 1. The average Bonchev–Trinajstić information content (AvgIpc) is 3.00. The van der Waals surface area contributed by atoms with E-state index >= 15 is 0 Å². The fraction of sp³-hybridized carbons (Fsp3) is 0.121. The molecule has 1 N–H and O–H groups in total. The van der Waals surface area contributed by atoms with E-state index in [-0.39, 0.29) is 24.5 Å². The van der Waals surface area contributed by atoms with Crippen molar-refractivity contribution in [3.8, 4) is 17.2 Å². The van der Waals surface area contributed by atoms with Crippen LogP contribution in [0.5, 0.6) is 17.2 Å². The molecule has 45 heavy (non-hydrogen) atoms. The molecule has 0 aromatic heterocycles. The van der Waals surface area contributed by atoms with Gasteiger partial charge in [-0.2, -0.15) is 0 Å². The lowest BCUT2D eigenvalue weighted by Crippen LogP contribution is -2.54. The zero-order valence-electron chi connectivity index (χ0n) is 23.6. The summed E-state index contributed by atoms with van der Waals surface area (Å²) in [6, 6.07) is 21.4. The van der Waals surface area contributed by atoms with Crippen LogP contribution in [0.25, 0.3) is 6.08 Å². The zero-order valence-corrected chi connectivity index (χ0v) is 28.0. The Kier molecular flexibility index (Phi) is 10.5. The highest BCUT2D eigenvalue weighted by molar-refractivity contribution is 14.1. The monoisotopic (exact) mass is 776 g/mol. The Morgan fingerprint density at radius 1 is 0.822 bits per heavy atom. The van der Waals surface area contributed by atoms with Gasteiger partial charge >= 0.3 is 6.03 Å². The van der Waals surface area contributed by atoms with Crippen LogP contribution in [0.1, 0.15) is 23.6 Å². The van der Waals surface area contributed by atoms with Crippen molar-refractivity contribution < 1.29 is 28.6 Å². The molecule has 1 heterocycles. The number of barbiturate groups is 1. The lowest BCUT2D eigenvalue weighted by Gasteiger charge is -2.26. The Hall–Kier alpha value is -3.77. The molecular formula is C33H24Cl3IN2O6. The molecule has 1 saturated heterocycles. The van der Waals surface area contributed by atoms with Crippen molar-refractivity contribution in [2.24, 2.45) is 0 Å². The standard InChI is InChI=1S/C33H24Cl3IN2O6/c1-2-43-29-15-19(14-28(37)30(29)45-18-21-7-8-22(34)16-27(21)36)13-25-31(40)38-33(42)39(32(25)41)23-9-11-24(12-10-23)44-17-20-5-3-4-6-26(20)35/h3-16H,2,17-18H2,1H3,(H,38,40,42)/b25-13+. The van der Waals surface area contributed by atoms with Crippen molar-refractivity contribution in [3.05, 3.63) is 120 Å². The van der Waals surface area contributed by atoms with Gasteiger partial charge in [0.05, 0.1) is 15.9 Å². The Morgan fingerprint density at radius 2 is 1.53 bits per heavy atom. The Morgan fingerprint density at radius 3 is 2.24 bits per heavy atom. The van der Waals surface area contributed by atoms with E-state index in [9.17, 15) is 14.4 Å². The summed E-state index contributed by atoms with van der Waals surface area (Å²) in [5, 5.41) is 3.81. The molecule has 5 rings (SSSR count). The summed E-state index contributed by atoms with van der Waals surface area (Å²) in [5.74, 6) is -0.205. The first kappa shape index (κ1) is 32.6. The van der Waals surface area contributed by atoms with Gasteiger partial charge in [0.15, 0.2) is 11.5 Å². The van der Waals surface area contributed by atoms with Crippen LogP contribution in [-0.2, 0) is 22.8 Å². The van der Waals surface area contributed by atoms with Gasteiger partial charge in [0, 0.05) is 26.2 Å². The summed E-state index contributed by atoms with van der Waals surface area (Å²) in [5.41, 5.74) is 2.08. The highest BCUT2D eigenvalue weighted by Crippen LogP contribution is 2.36. The molecule has 4 amide bonds. The molecule has 1 aliphatic rings. The number of ether oxygens (including phenoxy) is 3. The van der Waals surface area contributed by atoms with Crippen LogP contribution in [0.4, 0.5) is 10.5 Å². The molecule has 4 aromatic rings. The van der Waals surface area contributed by atoms with Crippen LogP contribution >= 0.6 is 57.4 Å². The van der Waals surface area contributed by atoms with Crippen molar-refractivity contribution in [2.45, 2.75) is 20.1 Å². The first-order valence-electron chi connectivity index (χ1n) is 13.6. The molecule has 0 unspecified atom stereocenters. The number of imide groups is 2. The quantitative estimate of drug-likeness (QED) is 0.0987. The van der Waals surface area contributed by atoms with E-state index in [1.807, 2.05) is 25.1 Å². The topological polar surface area (TPSA) is 94.2 Å². The number of urea groups is 1. The molecule has 12 heteroatoms. The lowest BCUT2D eigenvalue weighted by molar-refractivity contribution is -0.122. The third-order valence-corrected chi connectivity index (χ3v) is 8.34. The summed E-state index contributed by atoms with van der Waals surface area (Å²) in [7, 11) is 0. The van der Waals surface area contributed by atoms with Crippen LogP contribution in [0.15, 0.2) is 84.4 Å². The lowest BCUT2D eigenvalue weighted by atomic mass is 10.1. The van der Waals surface area contributed by atoms with Crippen molar-refractivity contribution in [3.63, 3.8) is 0 Å². The normalized spacial score (nSPS) is 14.0. The maximum absolute atomic E-state index is 13.5. The highest BCUT2D eigenvalue weighted by atomic mass is 127. The maximum Gasteiger partial charge on any atom is 0.335 e. The molecule has 0 aliphatic carbocycles. The smallest absolute Gasteiger partial charge is 0.335 e. The van der Waals surface area contributed by atoms with Gasteiger partial charge in [-0.25, -0.2) is 9.69 Å². The summed E-state index contributed by atoms with van der Waals surface area (Å²) >= 11 is 20.6. The number of carbonyl (C=O) groups is 3. The number of rotatable bonds is 10. The number of amides is 4. The Labute approximate surface area is 287 Å². The summed E-state index contributed by atoms with van der Waals surface area (Å²) in [6.45, 7) is 2.57. The van der Waals surface area contributed by atoms with Gasteiger partial charge in [-0.15, -0.1) is 0 Å². The number of carbonyl (C=O) groups excluding carboxylic acids is 3. The number of anilines is 1. The first-order chi connectivity index (χ1) is 21.6. The predicted molar refractivity (Wildman–Crippen MR) is 182 cm³/mol. The molecule has 4 aromatic carbocycles. The minimum absolute atomic E-state index is 0.161. The summed E-state index contributed by atoms with van der Waals surface area (Å²) < 4.78 is 18.4. The Bertz CT molecular complexity index is 1810. The van der Waals surface area contributed by atoms with Crippen molar-refractivity contribution in [2.75, 3.05) is 11.5 Å². The molecule has 8 nitrogen and oxygen atoms in total. The molecule has 0 bridgehead atoms. The number of nitrogens with one attached hydrogen (secondary N) is 1. The molecule has 0 saturated carbocycles. The number of nitrogens with zero attached hydrogens (tertiary/aromatic N) is 1. The zero-order chi connectivity index (χ0) is 32.1. The third-order valence-electron chi connectivity index (χ3n) is 6.58. The largest absolute Gasteiger partial charge is 0.490 e. The van der Waals surface area contributed by atoms with Crippen molar-refractivity contribution >= 4 is 87.0 Å². The first-order valence-corrected chi connectivity index (χ1v) is 15.8.